The molecule has 1 aromatic carbocycles. The van der Waals surface area contributed by atoms with E-state index in [1.807, 2.05) is 34.8 Å². The molecule has 0 atom stereocenters. The van der Waals surface area contributed by atoms with Crippen molar-refractivity contribution in [2.45, 2.75) is 32.5 Å². The molecule has 0 saturated heterocycles. The van der Waals surface area contributed by atoms with Gasteiger partial charge in [-0.15, -0.1) is 24.0 Å². The molecule has 1 aliphatic heterocycles. The molecule has 0 aliphatic carbocycles. The molecule has 8 heteroatoms. The fourth-order valence-corrected chi connectivity index (χ4v) is 3.08. The minimum Gasteiger partial charge on any atom is -0.356 e. The molecule has 27 heavy (non-hydrogen) atoms. The molecule has 2 heterocycles. The first kappa shape index (κ1) is 21.2. The van der Waals surface area contributed by atoms with Crippen LogP contribution >= 0.6 is 24.0 Å². The predicted octanol–water partition coefficient (Wildman–Crippen LogP) is 2.03. The second-order valence-electron chi connectivity index (χ2n) is 6.42. The maximum Gasteiger partial charge on any atom is 0.223 e. The molecule has 2 aromatic rings. The molecule has 0 bridgehead atoms. The molecular formula is C19H27IN6O. The minimum absolute atomic E-state index is 0. The fraction of sp³-hybridized carbons (Fsp3) is 0.421. The van der Waals surface area contributed by atoms with Crippen LogP contribution in [0.3, 0.4) is 0 Å². The first-order chi connectivity index (χ1) is 12.7. The number of nitrogens with one attached hydrogen (secondary N) is 2. The van der Waals surface area contributed by atoms with Gasteiger partial charge in [-0.25, -0.2) is 0 Å². The van der Waals surface area contributed by atoms with Gasteiger partial charge in [0, 0.05) is 46.3 Å². The van der Waals surface area contributed by atoms with Gasteiger partial charge in [-0.05, 0) is 23.6 Å². The summed E-state index contributed by atoms with van der Waals surface area (Å²) in [5.41, 5.74) is 3.61. The lowest BCUT2D eigenvalue weighted by molar-refractivity contribution is -0.131. The number of rotatable bonds is 6. The van der Waals surface area contributed by atoms with Crippen LogP contribution in [0.2, 0.25) is 0 Å². The third-order valence-electron chi connectivity index (χ3n) is 4.64. The van der Waals surface area contributed by atoms with E-state index >= 15 is 0 Å². The summed E-state index contributed by atoms with van der Waals surface area (Å²) >= 11 is 0. The van der Waals surface area contributed by atoms with Gasteiger partial charge in [0.25, 0.3) is 0 Å². The lowest BCUT2D eigenvalue weighted by atomic mass is 10.1. The fourth-order valence-electron chi connectivity index (χ4n) is 3.08. The van der Waals surface area contributed by atoms with Crippen molar-refractivity contribution in [1.82, 2.24) is 25.3 Å². The van der Waals surface area contributed by atoms with E-state index in [1.165, 1.54) is 11.1 Å². The number of carbonyl (C=O) groups excluding carboxylic acids is 1. The van der Waals surface area contributed by atoms with Crippen LogP contribution in [0.15, 0.2) is 41.5 Å². The Balaban J connectivity index is 0.00000261. The van der Waals surface area contributed by atoms with E-state index < -0.39 is 0 Å². The zero-order valence-electron chi connectivity index (χ0n) is 15.8. The van der Waals surface area contributed by atoms with Gasteiger partial charge in [0.1, 0.15) is 0 Å². The number of fused-ring (bicyclic) bond motifs is 1. The summed E-state index contributed by atoms with van der Waals surface area (Å²) < 4.78 is 1.83. The number of halogens is 1. The Hall–Kier alpha value is -2.10. The van der Waals surface area contributed by atoms with Gasteiger partial charge >= 0.3 is 0 Å². The lowest BCUT2D eigenvalue weighted by Crippen LogP contribution is -2.38. The number of carbonyl (C=O) groups is 1. The maximum absolute atomic E-state index is 12.4. The van der Waals surface area contributed by atoms with Crippen LogP contribution in [-0.4, -0.2) is 40.1 Å². The summed E-state index contributed by atoms with van der Waals surface area (Å²) in [5.74, 6) is 0.938. The van der Waals surface area contributed by atoms with Crippen LogP contribution in [0.4, 0.5) is 0 Å². The Kier molecular flexibility index (Phi) is 8.08. The van der Waals surface area contributed by atoms with Gasteiger partial charge in [0.2, 0.25) is 5.91 Å². The van der Waals surface area contributed by atoms with Gasteiger partial charge in [-0.3, -0.25) is 14.5 Å². The van der Waals surface area contributed by atoms with Crippen LogP contribution < -0.4 is 10.6 Å². The van der Waals surface area contributed by atoms with Gasteiger partial charge < -0.3 is 15.5 Å². The number of benzene rings is 1. The number of amides is 1. The van der Waals surface area contributed by atoms with Crippen molar-refractivity contribution in [3.8, 4) is 0 Å². The number of aryl methyl sites for hydroxylation is 1. The molecule has 3 rings (SSSR count). The van der Waals surface area contributed by atoms with E-state index in [0.717, 1.165) is 31.2 Å². The molecule has 7 nitrogen and oxygen atoms in total. The lowest BCUT2D eigenvalue weighted by Gasteiger charge is -2.16. The molecule has 1 aliphatic rings. The maximum atomic E-state index is 12.4. The molecule has 146 valence electrons. The standard InChI is InChI=1S/C19H26N6O.HI/c1-20-19(22-12-17-9-11-23-24(17)2)21-10-5-8-18(26)25-13-15-6-3-4-7-16(15)14-25;/h3-4,6-7,9,11H,5,8,10,12-14H2,1-2H3,(H2,20,21,22);1H. The minimum atomic E-state index is 0. The van der Waals surface area contributed by atoms with Crippen molar-refractivity contribution in [3.05, 3.63) is 53.3 Å². The molecule has 0 unspecified atom stereocenters. The Bertz CT molecular complexity index is 763. The summed E-state index contributed by atoms with van der Waals surface area (Å²) in [6, 6.07) is 10.2. The normalized spacial score (nSPS) is 13.1. The van der Waals surface area contributed by atoms with Crippen molar-refractivity contribution in [2.24, 2.45) is 12.0 Å². The number of aromatic nitrogens is 2. The monoisotopic (exact) mass is 482 g/mol. The Morgan fingerprint density at radius 1 is 1.19 bits per heavy atom. The average molecular weight is 482 g/mol. The molecule has 0 fully saturated rings. The smallest absolute Gasteiger partial charge is 0.223 e. The summed E-state index contributed by atoms with van der Waals surface area (Å²) in [7, 11) is 3.65. The van der Waals surface area contributed by atoms with Gasteiger partial charge in [-0.2, -0.15) is 5.10 Å². The topological polar surface area (TPSA) is 74.6 Å². The molecule has 1 aromatic heterocycles. The quantitative estimate of drug-likeness (QED) is 0.286. The molecule has 0 spiro atoms. The van der Waals surface area contributed by atoms with Crippen molar-refractivity contribution >= 4 is 35.8 Å². The molecule has 1 amide bonds. The van der Waals surface area contributed by atoms with E-state index in [0.29, 0.717) is 19.5 Å². The van der Waals surface area contributed by atoms with E-state index in [4.69, 9.17) is 0 Å². The van der Waals surface area contributed by atoms with E-state index in [9.17, 15) is 4.79 Å². The number of hydrogen-bond donors (Lipinski definition) is 2. The van der Waals surface area contributed by atoms with Crippen LogP contribution in [0.5, 0.6) is 0 Å². The highest BCUT2D eigenvalue weighted by Crippen LogP contribution is 2.22. The largest absolute Gasteiger partial charge is 0.356 e. The van der Waals surface area contributed by atoms with Crippen LogP contribution in [0, 0.1) is 0 Å². The predicted molar refractivity (Wildman–Crippen MR) is 117 cm³/mol. The first-order valence-electron chi connectivity index (χ1n) is 8.93. The highest BCUT2D eigenvalue weighted by Gasteiger charge is 2.22. The van der Waals surface area contributed by atoms with Gasteiger partial charge in [0.15, 0.2) is 5.96 Å². The van der Waals surface area contributed by atoms with E-state index in [2.05, 4.69) is 32.9 Å². The average Bonchev–Trinajstić information content (AvgIpc) is 3.27. The zero-order chi connectivity index (χ0) is 18.4. The summed E-state index contributed by atoms with van der Waals surface area (Å²) in [5, 5.41) is 10.6. The number of hydrogen-bond acceptors (Lipinski definition) is 3. The number of aliphatic imine (C=N–C) groups is 1. The second-order valence-corrected chi connectivity index (χ2v) is 6.42. The summed E-state index contributed by atoms with van der Waals surface area (Å²) in [6.45, 7) is 2.82. The van der Waals surface area contributed by atoms with E-state index in [1.54, 1.807) is 13.2 Å². The molecule has 0 saturated carbocycles. The Morgan fingerprint density at radius 2 is 1.89 bits per heavy atom. The molecule has 0 radical (unpaired) electrons. The second kappa shape index (κ2) is 10.3. The number of nitrogens with zero attached hydrogens (tertiary/aromatic N) is 4. The molecular weight excluding hydrogens is 455 g/mol. The van der Waals surface area contributed by atoms with Crippen LogP contribution in [0.1, 0.15) is 29.7 Å². The first-order valence-corrected chi connectivity index (χ1v) is 8.93. The van der Waals surface area contributed by atoms with Crippen molar-refractivity contribution in [2.75, 3.05) is 13.6 Å². The number of guanidine groups is 1. The van der Waals surface area contributed by atoms with Crippen molar-refractivity contribution in [1.29, 1.82) is 0 Å². The SMILES string of the molecule is CN=C(NCCCC(=O)N1Cc2ccccc2C1)NCc1ccnn1C.I. The van der Waals surface area contributed by atoms with E-state index in [-0.39, 0.29) is 29.9 Å². The van der Waals surface area contributed by atoms with Crippen molar-refractivity contribution in [3.63, 3.8) is 0 Å². The zero-order valence-corrected chi connectivity index (χ0v) is 18.1. The summed E-state index contributed by atoms with van der Waals surface area (Å²) in [6.07, 6.45) is 3.09. The van der Waals surface area contributed by atoms with Crippen molar-refractivity contribution < 1.29 is 4.79 Å². The third-order valence-corrected chi connectivity index (χ3v) is 4.64. The Morgan fingerprint density at radius 3 is 2.48 bits per heavy atom. The Labute approximate surface area is 177 Å². The van der Waals surface area contributed by atoms with Crippen LogP contribution in [0.25, 0.3) is 0 Å². The highest BCUT2D eigenvalue weighted by molar-refractivity contribution is 14.0. The van der Waals surface area contributed by atoms with Crippen LogP contribution in [-0.2, 0) is 31.5 Å². The highest BCUT2D eigenvalue weighted by atomic mass is 127. The molecule has 2 N–H and O–H groups in total. The van der Waals surface area contributed by atoms with Gasteiger partial charge in [0.05, 0.1) is 12.2 Å². The third kappa shape index (κ3) is 5.69. The van der Waals surface area contributed by atoms with Gasteiger partial charge in [-0.1, -0.05) is 24.3 Å². The summed E-state index contributed by atoms with van der Waals surface area (Å²) in [4.78, 5) is 18.5.